The molecule has 0 N–H and O–H groups in total. The van der Waals surface area contributed by atoms with E-state index in [1.165, 1.54) is 0 Å². The van der Waals surface area contributed by atoms with Crippen LogP contribution in [0.25, 0.3) is 17.0 Å². The molecule has 0 aliphatic heterocycles. The fourth-order valence-corrected chi connectivity index (χ4v) is 3.07. The lowest BCUT2D eigenvalue weighted by Crippen LogP contribution is -2.28. The van der Waals surface area contributed by atoms with Gasteiger partial charge in [0.2, 0.25) is 0 Å². The van der Waals surface area contributed by atoms with Gasteiger partial charge in [0.15, 0.2) is 6.10 Å². The van der Waals surface area contributed by atoms with Crippen LogP contribution in [0, 0.1) is 0 Å². The third-order valence-corrected chi connectivity index (χ3v) is 4.52. The fraction of sp³-hybridized carbons (Fsp3) is 0.280. The van der Waals surface area contributed by atoms with Gasteiger partial charge in [0, 0.05) is 18.4 Å². The zero-order valence-electron chi connectivity index (χ0n) is 17.4. The molecule has 0 spiro atoms. The third-order valence-electron chi connectivity index (χ3n) is 4.52. The molecule has 5 heteroatoms. The van der Waals surface area contributed by atoms with Crippen LogP contribution < -0.4 is 4.74 Å². The number of fused-ring (bicyclic) bond motifs is 1. The summed E-state index contributed by atoms with van der Waals surface area (Å²) in [5.74, 6) is 0.436. The molecule has 0 amide bonds. The first kappa shape index (κ1) is 21.5. The molecule has 1 heterocycles. The summed E-state index contributed by atoms with van der Waals surface area (Å²) >= 11 is 0. The van der Waals surface area contributed by atoms with Gasteiger partial charge in [0.25, 0.3) is 0 Å². The van der Waals surface area contributed by atoms with E-state index in [9.17, 15) is 4.79 Å². The predicted octanol–water partition coefficient (Wildman–Crippen LogP) is 4.84. The van der Waals surface area contributed by atoms with Crippen LogP contribution in [-0.2, 0) is 20.7 Å². The third kappa shape index (κ3) is 6.16. The maximum absolute atomic E-state index is 12.0. The molecule has 5 nitrogen and oxygen atoms in total. The number of hydrogen-bond acceptors (Lipinski definition) is 5. The van der Waals surface area contributed by atoms with E-state index in [2.05, 4.69) is 11.1 Å². The maximum Gasteiger partial charge on any atom is 0.335 e. The van der Waals surface area contributed by atoms with Gasteiger partial charge in [-0.2, -0.15) is 0 Å². The van der Waals surface area contributed by atoms with Gasteiger partial charge in [-0.25, -0.2) is 9.78 Å². The normalized spacial score (nSPS) is 12.2. The minimum atomic E-state index is -0.584. The van der Waals surface area contributed by atoms with E-state index in [0.29, 0.717) is 26.2 Å². The van der Waals surface area contributed by atoms with Crippen LogP contribution in [0.5, 0.6) is 5.75 Å². The largest absolute Gasteiger partial charge is 0.490 e. The summed E-state index contributed by atoms with van der Waals surface area (Å²) in [7, 11) is 0. The first-order valence-corrected chi connectivity index (χ1v) is 10.2. The number of carbonyl (C=O) groups excluding carboxylic acids is 1. The number of ether oxygens (including phenoxy) is 3. The zero-order valence-corrected chi connectivity index (χ0v) is 17.4. The second-order valence-corrected chi connectivity index (χ2v) is 6.69. The van der Waals surface area contributed by atoms with Gasteiger partial charge in [-0.15, -0.1) is 0 Å². The Balaban J connectivity index is 1.52. The smallest absolute Gasteiger partial charge is 0.335 e. The van der Waals surface area contributed by atoms with Crippen molar-refractivity contribution in [2.45, 2.75) is 26.4 Å². The number of nitrogens with zero attached hydrogens (tertiary/aromatic N) is 1. The Morgan fingerprint density at radius 3 is 2.57 bits per heavy atom. The maximum atomic E-state index is 12.0. The van der Waals surface area contributed by atoms with E-state index in [4.69, 9.17) is 14.2 Å². The van der Waals surface area contributed by atoms with Gasteiger partial charge in [-0.1, -0.05) is 36.4 Å². The molecule has 0 bridgehead atoms. The number of aromatic nitrogens is 1. The quantitative estimate of drug-likeness (QED) is 0.452. The topological polar surface area (TPSA) is 57.7 Å². The number of para-hydroxylation sites is 1. The predicted molar refractivity (Wildman–Crippen MR) is 118 cm³/mol. The van der Waals surface area contributed by atoms with Gasteiger partial charge in [0.05, 0.1) is 17.8 Å². The summed E-state index contributed by atoms with van der Waals surface area (Å²) in [4.78, 5) is 16.6. The van der Waals surface area contributed by atoms with Crippen molar-refractivity contribution in [3.8, 4) is 5.75 Å². The van der Waals surface area contributed by atoms with E-state index >= 15 is 0 Å². The Bertz CT molecular complexity index is 982. The van der Waals surface area contributed by atoms with Gasteiger partial charge >= 0.3 is 5.97 Å². The second-order valence-electron chi connectivity index (χ2n) is 6.69. The number of carbonyl (C=O) groups is 1. The summed E-state index contributed by atoms with van der Waals surface area (Å²) < 4.78 is 16.4. The van der Waals surface area contributed by atoms with Crippen LogP contribution in [0.3, 0.4) is 0 Å². The molecule has 3 rings (SSSR count). The van der Waals surface area contributed by atoms with E-state index in [0.717, 1.165) is 27.9 Å². The van der Waals surface area contributed by atoms with E-state index in [-0.39, 0.29) is 5.97 Å². The van der Waals surface area contributed by atoms with E-state index in [1.54, 1.807) is 6.92 Å². The van der Waals surface area contributed by atoms with Crippen molar-refractivity contribution in [2.75, 3.05) is 19.8 Å². The summed E-state index contributed by atoms with van der Waals surface area (Å²) in [5.41, 5.74) is 2.86. The molecule has 0 aliphatic rings. The Hall–Kier alpha value is -3.18. The SMILES string of the molecule is CCOC(=O)C(Cc1ccc(OC/C=C/c2ccc3ccccc3n2)cc1)OCC. The van der Waals surface area contributed by atoms with Gasteiger partial charge in [0.1, 0.15) is 12.4 Å². The zero-order chi connectivity index (χ0) is 21.2. The van der Waals surface area contributed by atoms with Crippen molar-refractivity contribution in [3.63, 3.8) is 0 Å². The molecule has 1 atom stereocenters. The number of pyridine rings is 1. The monoisotopic (exact) mass is 405 g/mol. The van der Waals surface area contributed by atoms with Crippen LogP contribution >= 0.6 is 0 Å². The summed E-state index contributed by atoms with van der Waals surface area (Å²) in [6.07, 6.45) is 3.78. The number of hydrogen-bond donors (Lipinski definition) is 0. The molecule has 156 valence electrons. The minimum absolute atomic E-state index is 0.327. The fourth-order valence-electron chi connectivity index (χ4n) is 3.07. The van der Waals surface area contributed by atoms with Crippen molar-refractivity contribution in [3.05, 3.63) is 78.0 Å². The standard InChI is InChI=1S/C25H27NO4/c1-3-28-24(25(27)29-4-2)18-19-11-15-22(16-12-19)30-17-7-9-21-14-13-20-8-5-6-10-23(20)26-21/h5-16,24H,3-4,17-18H2,1-2H3/b9-7+. The Morgan fingerprint density at radius 1 is 1.00 bits per heavy atom. The number of benzene rings is 2. The highest BCUT2D eigenvalue weighted by Gasteiger charge is 2.20. The molecule has 1 unspecified atom stereocenters. The summed E-state index contributed by atoms with van der Waals surface area (Å²) in [6, 6.07) is 19.8. The van der Waals surface area contributed by atoms with Crippen molar-refractivity contribution in [2.24, 2.45) is 0 Å². The highest BCUT2D eigenvalue weighted by atomic mass is 16.6. The molecule has 2 aromatic carbocycles. The molecule has 0 saturated heterocycles. The molecule has 0 saturated carbocycles. The van der Waals surface area contributed by atoms with Gasteiger partial charge in [-0.3, -0.25) is 0 Å². The highest BCUT2D eigenvalue weighted by molar-refractivity contribution is 5.79. The van der Waals surface area contributed by atoms with Crippen LogP contribution in [0.15, 0.2) is 66.7 Å². The van der Waals surface area contributed by atoms with Crippen molar-refractivity contribution >= 4 is 22.9 Å². The van der Waals surface area contributed by atoms with Crippen LogP contribution in [0.2, 0.25) is 0 Å². The first-order chi connectivity index (χ1) is 14.7. The lowest BCUT2D eigenvalue weighted by atomic mass is 10.1. The summed E-state index contributed by atoms with van der Waals surface area (Å²) in [5, 5.41) is 1.13. The Labute approximate surface area is 177 Å². The van der Waals surface area contributed by atoms with Crippen LogP contribution in [0.4, 0.5) is 0 Å². The molecule has 1 aromatic heterocycles. The van der Waals surface area contributed by atoms with E-state index < -0.39 is 6.10 Å². The minimum Gasteiger partial charge on any atom is -0.490 e. The van der Waals surface area contributed by atoms with Crippen LogP contribution in [-0.4, -0.2) is 36.9 Å². The van der Waals surface area contributed by atoms with Crippen molar-refractivity contribution < 1.29 is 19.0 Å². The number of rotatable bonds is 10. The van der Waals surface area contributed by atoms with Gasteiger partial charge in [-0.05, 0) is 55.8 Å². The first-order valence-electron chi connectivity index (χ1n) is 10.2. The number of esters is 1. The lowest BCUT2D eigenvalue weighted by Gasteiger charge is -2.15. The summed E-state index contributed by atoms with van der Waals surface area (Å²) in [6.45, 7) is 4.90. The van der Waals surface area contributed by atoms with Gasteiger partial charge < -0.3 is 14.2 Å². The molecule has 3 aromatic rings. The molecular weight excluding hydrogens is 378 g/mol. The lowest BCUT2D eigenvalue weighted by molar-refractivity contribution is -0.156. The Morgan fingerprint density at radius 2 is 1.80 bits per heavy atom. The molecular formula is C25H27NO4. The average molecular weight is 405 g/mol. The van der Waals surface area contributed by atoms with E-state index in [1.807, 2.05) is 73.7 Å². The van der Waals surface area contributed by atoms with Crippen molar-refractivity contribution in [1.29, 1.82) is 0 Å². The molecule has 0 radical (unpaired) electrons. The molecule has 30 heavy (non-hydrogen) atoms. The molecule has 0 fully saturated rings. The second kappa shape index (κ2) is 11.1. The molecule has 0 aliphatic carbocycles. The van der Waals surface area contributed by atoms with Crippen LogP contribution in [0.1, 0.15) is 25.1 Å². The van der Waals surface area contributed by atoms with Crippen molar-refractivity contribution in [1.82, 2.24) is 4.98 Å². The Kier molecular flexibility index (Phi) is 7.98. The average Bonchev–Trinajstić information content (AvgIpc) is 2.77. The highest BCUT2D eigenvalue weighted by Crippen LogP contribution is 2.16.